The second-order valence-corrected chi connectivity index (χ2v) is 4.16. The van der Waals surface area contributed by atoms with Gasteiger partial charge in [0.2, 0.25) is 0 Å². The van der Waals surface area contributed by atoms with Gasteiger partial charge in [0.25, 0.3) is 0 Å². The summed E-state index contributed by atoms with van der Waals surface area (Å²) in [5, 5.41) is 0. The molecule has 2 rings (SSSR count). The predicted molar refractivity (Wildman–Crippen MR) is 57.8 cm³/mol. The van der Waals surface area contributed by atoms with Crippen molar-refractivity contribution in [1.29, 1.82) is 0 Å². The summed E-state index contributed by atoms with van der Waals surface area (Å²) in [5.41, 5.74) is -0.0538. The van der Waals surface area contributed by atoms with Crippen molar-refractivity contribution in [3.05, 3.63) is 35.4 Å². The third kappa shape index (κ3) is 1.69. The SMILES string of the molecule is CCC1(F)CCCc2ccccc2C1=O. The van der Waals surface area contributed by atoms with Crippen molar-refractivity contribution < 1.29 is 9.18 Å². The summed E-state index contributed by atoms with van der Waals surface area (Å²) in [5.74, 6) is -0.321. The number of rotatable bonds is 1. The first-order valence-corrected chi connectivity index (χ1v) is 5.49. The van der Waals surface area contributed by atoms with E-state index in [9.17, 15) is 9.18 Å². The van der Waals surface area contributed by atoms with Crippen LogP contribution in [-0.4, -0.2) is 11.5 Å². The summed E-state index contributed by atoms with van der Waals surface area (Å²) in [6.07, 6.45) is 2.21. The number of hydrogen-bond acceptors (Lipinski definition) is 1. The lowest BCUT2D eigenvalue weighted by Crippen LogP contribution is -2.32. The van der Waals surface area contributed by atoms with Gasteiger partial charge in [-0.15, -0.1) is 0 Å². The first-order chi connectivity index (χ1) is 7.17. The third-order valence-corrected chi connectivity index (χ3v) is 3.25. The highest BCUT2D eigenvalue weighted by molar-refractivity contribution is 6.03. The number of halogens is 1. The number of fused-ring (bicyclic) bond motifs is 1. The minimum atomic E-state index is -1.63. The molecule has 0 saturated heterocycles. The molecule has 0 saturated carbocycles. The molecule has 0 N–H and O–H groups in total. The molecule has 0 fully saturated rings. The second kappa shape index (κ2) is 3.76. The average Bonchev–Trinajstić information content (AvgIpc) is 2.39. The monoisotopic (exact) mass is 206 g/mol. The van der Waals surface area contributed by atoms with Crippen molar-refractivity contribution >= 4 is 5.78 Å². The van der Waals surface area contributed by atoms with Gasteiger partial charge in [0.1, 0.15) is 0 Å². The van der Waals surface area contributed by atoms with Gasteiger partial charge < -0.3 is 0 Å². The molecule has 1 aliphatic carbocycles. The molecule has 0 radical (unpaired) electrons. The van der Waals surface area contributed by atoms with Gasteiger partial charge in [-0.25, -0.2) is 4.39 Å². The summed E-state index contributed by atoms with van der Waals surface area (Å²) in [4.78, 5) is 12.0. The van der Waals surface area contributed by atoms with Gasteiger partial charge >= 0.3 is 0 Å². The van der Waals surface area contributed by atoms with Crippen LogP contribution in [0.15, 0.2) is 24.3 Å². The fourth-order valence-electron chi connectivity index (χ4n) is 2.21. The molecule has 0 spiro atoms. The molecule has 0 bridgehead atoms. The number of ketones is 1. The Morgan fingerprint density at radius 3 is 2.87 bits per heavy atom. The van der Waals surface area contributed by atoms with Gasteiger partial charge in [-0.05, 0) is 31.2 Å². The summed E-state index contributed by atoms with van der Waals surface area (Å²) < 4.78 is 14.3. The van der Waals surface area contributed by atoms with Crippen molar-refractivity contribution in [3.8, 4) is 0 Å². The lowest BCUT2D eigenvalue weighted by atomic mass is 9.90. The van der Waals surface area contributed by atoms with Crippen molar-refractivity contribution in [1.82, 2.24) is 0 Å². The minimum absolute atomic E-state index is 0.278. The van der Waals surface area contributed by atoms with Crippen LogP contribution in [0.3, 0.4) is 0 Å². The number of carbonyl (C=O) groups excluding carboxylic acids is 1. The van der Waals surface area contributed by atoms with Crippen LogP contribution in [0.4, 0.5) is 4.39 Å². The lowest BCUT2D eigenvalue weighted by Gasteiger charge is -2.20. The van der Waals surface area contributed by atoms with Crippen LogP contribution in [0, 0.1) is 0 Å². The van der Waals surface area contributed by atoms with Crippen LogP contribution >= 0.6 is 0 Å². The van der Waals surface area contributed by atoms with E-state index in [4.69, 9.17) is 0 Å². The van der Waals surface area contributed by atoms with Gasteiger partial charge in [0, 0.05) is 5.56 Å². The zero-order valence-corrected chi connectivity index (χ0v) is 8.92. The maximum atomic E-state index is 14.3. The van der Waals surface area contributed by atoms with Crippen LogP contribution < -0.4 is 0 Å². The number of Topliss-reactive ketones (excluding diaryl/α,β-unsaturated/α-hetero) is 1. The quantitative estimate of drug-likeness (QED) is 0.644. The van der Waals surface area contributed by atoms with E-state index >= 15 is 0 Å². The normalized spacial score (nSPS) is 25.9. The fraction of sp³-hybridized carbons (Fsp3) is 0.462. The van der Waals surface area contributed by atoms with E-state index in [-0.39, 0.29) is 12.2 Å². The molecule has 1 unspecified atom stereocenters. The van der Waals surface area contributed by atoms with Gasteiger partial charge in [0.05, 0.1) is 0 Å². The maximum absolute atomic E-state index is 14.3. The zero-order valence-electron chi connectivity index (χ0n) is 8.92. The highest BCUT2D eigenvalue weighted by Crippen LogP contribution is 2.32. The average molecular weight is 206 g/mol. The highest BCUT2D eigenvalue weighted by atomic mass is 19.1. The number of aryl methyl sites for hydroxylation is 1. The van der Waals surface area contributed by atoms with Gasteiger partial charge in [-0.2, -0.15) is 0 Å². The number of carbonyl (C=O) groups is 1. The van der Waals surface area contributed by atoms with Gasteiger partial charge in [0.15, 0.2) is 11.5 Å². The van der Waals surface area contributed by atoms with E-state index in [2.05, 4.69) is 0 Å². The van der Waals surface area contributed by atoms with Crippen molar-refractivity contribution in [2.45, 2.75) is 38.3 Å². The number of alkyl halides is 1. The van der Waals surface area contributed by atoms with E-state index in [1.807, 2.05) is 12.1 Å². The first-order valence-electron chi connectivity index (χ1n) is 5.49. The summed E-state index contributed by atoms with van der Waals surface area (Å²) in [7, 11) is 0. The maximum Gasteiger partial charge on any atom is 0.200 e. The molecule has 1 aromatic rings. The van der Waals surface area contributed by atoms with Crippen LogP contribution in [0.1, 0.15) is 42.1 Å². The van der Waals surface area contributed by atoms with Crippen molar-refractivity contribution in [2.75, 3.05) is 0 Å². The zero-order chi connectivity index (χ0) is 10.9. The third-order valence-electron chi connectivity index (χ3n) is 3.25. The molecule has 0 heterocycles. The Morgan fingerprint density at radius 2 is 2.13 bits per heavy atom. The molecule has 15 heavy (non-hydrogen) atoms. The summed E-state index contributed by atoms with van der Waals surface area (Å²) in [6, 6.07) is 7.38. The molecular weight excluding hydrogens is 191 g/mol. The van der Waals surface area contributed by atoms with Crippen molar-refractivity contribution in [3.63, 3.8) is 0 Å². The van der Waals surface area contributed by atoms with E-state index in [1.54, 1.807) is 19.1 Å². The molecule has 2 heteroatoms. The molecule has 1 nitrogen and oxygen atoms in total. The minimum Gasteiger partial charge on any atom is -0.291 e. The highest BCUT2D eigenvalue weighted by Gasteiger charge is 2.39. The number of hydrogen-bond donors (Lipinski definition) is 0. The molecule has 80 valence electrons. The van der Waals surface area contributed by atoms with Crippen LogP contribution in [0.2, 0.25) is 0 Å². The Morgan fingerprint density at radius 1 is 1.40 bits per heavy atom. The fourth-order valence-corrected chi connectivity index (χ4v) is 2.21. The Hall–Kier alpha value is -1.18. The van der Waals surface area contributed by atoms with E-state index in [0.717, 1.165) is 18.4 Å². The van der Waals surface area contributed by atoms with Crippen molar-refractivity contribution in [2.24, 2.45) is 0 Å². The predicted octanol–water partition coefficient (Wildman–Crippen LogP) is 3.32. The van der Waals surface area contributed by atoms with Gasteiger partial charge in [-0.3, -0.25) is 4.79 Å². The summed E-state index contributed by atoms with van der Waals surface area (Å²) in [6.45, 7) is 1.74. The Bertz CT molecular complexity index is 386. The lowest BCUT2D eigenvalue weighted by molar-refractivity contribution is 0.0653. The van der Waals surface area contributed by atoms with E-state index in [1.165, 1.54) is 0 Å². The van der Waals surface area contributed by atoms with Crippen LogP contribution in [0.25, 0.3) is 0 Å². The Kier molecular flexibility index (Phi) is 2.59. The van der Waals surface area contributed by atoms with E-state index in [0.29, 0.717) is 12.0 Å². The number of benzene rings is 1. The molecule has 1 aliphatic rings. The molecule has 1 aromatic carbocycles. The van der Waals surface area contributed by atoms with Crippen LogP contribution in [0.5, 0.6) is 0 Å². The topological polar surface area (TPSA) is 17.1 Å². The van der Waals surface area contributed by atoms with Crippen LogP contribution in [-0.2, 0) is 6.42 Å². The second-order valence-electron chi connectivity index (χ2n) is 4.16. The summed E-state index contributed by atoms with van der Waals surface area (Å²) >= 11 is 0. The molecule has 0 aliphatic heterocycles. The molecule has 0 amide bonds. The largest absolute Gasteiger partial charge is 0.291 e. The first kappa shape index (κ1) is 10.3. The molecule has 0 aromatic heterocycles. The Labute approximate surface area is 89.3 Å². The molecule has 1 atom stereocenters. The van der Waals surface area contributed by atoms with Gasteiger partial charge in [-0.1, -0.05) is 31.2 Å². The standard InChI is InChI=1S/C13H15FO/c1-2-13(14)9-5-7-10-6-3-4-8-11(10)12(13)15/h3-4,6,8H,2,5,7,9H2,1H3. The smallest absolute Gasteiger partial charge is 0.200 e. The Balaban J connectivity index is 2.48. The van der Waals surface area contributed by atoms with E-state index < -0.39 is 5.67 Å². The molecular formula is C13H15FO.